The normalized spacial score (nSPS) is 18.2. The van der Waals surface area contributed by atoms with E-state index >= 15 is 0 Å². The number of amides is 1. The summed E-state index contributed by atoms with van der Waals surface area (Å²) >= 11 is 1.68. The SMILES string of the molecule is O=C(c1cccc(NCc2ccsc2)c1)N1CCC[C@@H](O)C1. The van der Waals surface area contributed by atoms with Gasteiger partial charge in [0.15, 0.2) is 0 Å². The highest BCUT2D eigenvalue weighted by Gasteiger charge is 2.23. The number of rotatable bonds is 4. The second-order valence-electron chi connectivity index (χ2n) is 5.61. The Kier molecular flexibility index (Phi) is 4.75. The van der Waals surface area contributed by atoms with Gasteiger partial charge in [-0.1, -0.05) is 6.07 Å². The van der Waals surface area contributed by atoms with E-state index in [1.54, 1.807) is 16.2 Å². The zero-order chi connectivity index (χ0) is 15.4. The van der Waals surface area contributed by atoms with Crippen LogP contribution in [0.5, 0.6) is 0 Å². The molecule has 1 aromatic heterocycles. The highest BCUT2D eigenvalue weighted by Crippen LogP contribution is 2.17. The van der Waals surface area contributed by atoms with Crippen molar-refractivity contribution in [3.05, 3.63) is 52.2 Å². The topological polar surface area (TPSA) is 52.6 Å². The molecule has 1 fully saturated rings. The molecule has 1 aliphatic heterocycles. The summed E-state index contributed by atoms with van der Waals surface area (Å²) < 4.78 is 0. The van der Waals surface area contributed by atoms with Crippen molar-refractivity contribution in [2.24, 2.45) is 0 Å². The van der Waals surface area contributed by atoms with Crippen molar-refractivity contribution in [2.45, 2.75) is 25.5 Å². The second kappa shape index (κ2) is 6.94. The monoisotopic (exact) mass is 316 g/mol. The Balaban J connectivity index is 1.66. The molecule has 0 unspecified atom stereocenters. The minimum atomic E-state index is -0.391. The number of β-amino-alcohol motifs (C(OH)–C–C–N with tert-alkyl or cyclic N) is 1. The zero-order valence-corrected chi connectivity index (χ0v) is 13.2. The fourth-order valence-electron chi connectivity index (χ4n) is 2.68. The van der Waals surface area contributed by atoms with E-state index in [1.807, 2.05) is 24.3 Å². The van der Waals surface area contributed by atoms with Crippen LogP contribution >= 0.6 is 11.3 Å². The maximum atomic E-state index is 12.5. The molecule has 2 aromatic rings. The molecule has 1 aromatic carbocycles. The number of aliphatic hydroxyl groups excluding tert-OH is 1. The Labute approximate surface area is 134 Å². The third kappa shape index (κ3) is 3.67. The number of nitrogens with zero attached hydrogens (tertiary/aromatic N) is 1. The van der Waals surface area contributed by atoms with Gasteiger partial charge in [-0.3, -0.25) is 4.79 Å². The van der Waals surface area contributed by atoms with Crippen LogP contribution in [0.1, 0.15) is 28.8 Å². The Hall–Kier alpha value is -1.85. The molecule has 1 atom stereocenters. The van der Waals surface area contributed by atoms with E-state index in [9.17, 15) is 9.90 Å². The number of hydrogen-bond donors (Lipinski definition) is 2. The standard InChI is InChI=1S/C17H20N2O2S/c20-16-5-2-7-19(11-16)17(21)14-3-1-4-15(9-14)18-10-13-6-8-22-12-13/h1,3-4,6,8-9,12,16,18,20H,2,5,7,10-11H2/t16-/m1/s1. The summed E-state index contributed by atoms with van der Waals surface area (Å²) in [5.41, 5.74) is 2.85. The van der Waals surface area contributed by atoms with E-state index in [2.05, 4.69) is 22.1 Å². The summed E-state index contributed by atoms with van der Waals surface area (Å²) in [6.45, 7) is 1.91. The van der Waals surface area contributed by atoms with Gasteiger partial charge in [-0.15, -0.1) is 0 Å². The summed E-state index contributed by atoms with van der Waals surface area (Å²) in [7, 11) is 0. The quantitative estimate of drug-likeness (QED) is 0.912. The maximum Gasteiger partial charge on any atom is 0.254 e. The number of likely N-dealkylation sites (tertiary alicyclic amines) is 1. The first kappa shape index (κ1) is 15.1. The molecule has 0 aliphatic carbocycles. The fraction of sp³-hybridized carbons (Fsp3) is 0.353. The van der Waals surface area contributed by atoms with Crippen LogP contribution in [-0.4, -0.2) is 35.1 Å². The molecule has 116 valence electrons. The zero-order valence-electron chi connectivity index (χ0n) is 12.4. The van der Waals surface area contributed by atoms with Crippen LogP contribution in [0.15, 0.2) is 41.1 Å². The van der Waals surface area contributed by atoms with Gasteiger partial charge < -0.3 is 15.3 Å². The van der Waals surface area contributed by atoms with Crippen molar-refractivity contribution in [3.63, 3.8) is 0 Å². The number of piperidine rings is 1. The predicted molar refractivity (Wildman–Crippen MR) is 89.2 cm³/mol. The lowest BCUT2D eigenvalue weighted by molar-refractivity contribution is 0.0474. The van der Waals surface area contributed by atoms with E-state index in [0.29, 0.717) is 12.1 Å². The predicted octanol–water partition coefficient (Wildman–Crippen LogP) is 2.96. The van der Waals surface area contributed by atoms with Gasteiger partial charge >= 0.3 is 0 Å². The molecule has 0 bridgehead atoms. The van der Waals surface area contributed by atoms with Crippen LogP contribution in [0.2, 0.25) is 0 Å². The molecule has 1 amide bonds. The van der Waals surface area contributed by atoms with Gasteiger partial charge in [-0.25, -0.2) is 0 Å². The lowest BCUT2D eigenvalue weighted by atomic mass is 10.1. The Morgan fingerprint density at radius 3 is 3.09 bits per heavy atom. The van der Waals surface area contributed by atoms with E-state index in [0.717, 1.165) is 31.6 Å². The molecule has 2 heterocycles. The van der Waals surface area contributed by atoms with E-state index < -0.39 is 6.10 Å². The number of benzene rings is 1. The molecular weight excluding hydrogens is 296 g/mol. The fourth-order valence-corrected chi connectivity index (χ4v) is 3.35. The number of carbonyl (C=O) groups excluding carboxylic acids is 1. The number of aliphatic hydroxyl groups is 1. The van der Waals surface area contributed by atoms with Crippen molar-refractivity contribution in [1.29, 1.82) is 0 Å². The van der Waals surface area contributed by atoms with E-state index in [-0.39, 0.29) is 5.91 Å². The van der Waals surface area contributed by atoms with Crippen LogP contribution < -0.4 is 5.32 Å². The molecule has 1 saturated heterocycles. The number of carbonyl (C=O) groups is 1. The summed E-state index contributed by atoms with van der Waals surface area (Å²) in [4.78, 5) is 14.3. The molecule has 5 heteroatoms. The first-order valence-electron chi connectivity index (χ1n) is 7.55. The third-order valence-electron chi connectivity index (χ3n) is 3.87. The third-order valence-corrected chi connectivity index (χ3v) is 4.60. The average Bonchev–Trinajstić information content (AvgIpc) is 3.06. The van der Waals surface area contributed by atoms with Crippen LogP contribution in [0.3, 0.4) is 0 Å². The van der Waals surface area contributed by atoms with Crippen LogP contribution in [-0.2, 0) is 6.54 Å². The Bertz CT molecular complexity index is 627. The van der Waals surface area contributed by atoms with Crippen LogP contribution in [0.25, 0.3) is 0 Å². The largest absolute Gasteiger partial charge is 0.391 e. The van der Waals surface area contributed by atoms with Gasteiger partial charge in [0.1, 0.15) is 0 Å². The van der Waals surface area contributed by atoms with Crippen molar-refractivity contribution in [3.8, 4) is 0 Å². The Morgan fingerprint density at radius 1 is 1.41 bits per heavy atom. The van der Waals surface area contributed by atoms with Crippen molar-refractivity contribution in [2.75, 3.05) is 18.4 Å². The van der Waals surface area contributed by atoms with Crippen LogP contribution in [0, 0.1) is 0 Å². The first-order valence-corrected chi connectivity index (χ1v) is 8.49. The first-order chi connectivity index (χ1) is 10.7. The van der Waals surface area contributed by atoms with Gasteiger partial charge in [-0.05, 0) is 53.4 Å². The molecule has 0 spiro atoms. The summed E-state index contributed by atoms with van der Waals surface area (Å²) in [5.74, 6) is -0.00191. The van der Waals surface area contributed by atoms with E-state index in [1.165, 1.54) is 5.56 Å². The van der Waals surface area contributed by atoms with Gasteiger partial charge in [-0.2, -0.15) is 11.3 Å². The molecule has 0 radical (unpaired) electrons. The smallest absolute Gasteiger partial charge is 0.254 e. The van der Waals surface area contributed by atoms with Crippen molar-refractivity contribution < 1.29 is 9.90 Å². The molecule has 1 aliphatic rings. The lowest BCUT2D eigenvalue weighted by Gasteiger charge is -2.30. The summed E-state index contributed by atoms with van der Waals surface area (Å²) in [6, 6.07) is 9.66. The number of nitrogens with one attached hydrogen (secondary N) is 1. The highest BCUT2D eigenvalue weighted by molar-refractivity contribution is 7.07. The van der Waals surface area contributed by atoms with Gasteiger partial charge in [0.2, 0.25) is 0 Å². The number of thiophene rings is 1. The van der Waals surface area contributed by atoms with Gasteiger partial charge in [0.05, 0.1) is 6.10 Å². The summed E-state index contributed by atoms with van der Waals surface area (Å²) in [6.07, 6.45) is 1.26. The number of anilines is 1. The van der Waals surface area contributed by atoms with Crippen molar-refractivity contribution >= 4 is 22.9 Å². The van der Waals surface area contributed by atoms with Crippen molar-refractivity contribution in [1.82, 2.24) is 4.90 Å². The van der Waals surface area contributed by atoms with Gasteiger partial charge in [0.25, 0.3) is 5.91 Å². The summed E-state index contributed by atoms with van der Waals surface area (Å²) in [5, 5.41) is 17.2. The average molecular weight is 316 g/mol. The lowest BCUT2D eigenvalue weighted by Crippen LogP contribution is -2.42. The highest BCUT2D eigenvalue weighted by atomic mass is 32.1. The molecule has 3 rings (SSSR count). The minimum Gasteiger partial charge on any atom is -0.391 e. The Morgan fingerprint density at radius 2 is 2.32 bits per heavy atom. The van der Waals surface area contributed by atoms with E-state index in [4.69, 9.17) is 0 Å². The molecular formula is C17H20N2O2S. The second-order valence-corrected chi connectivity index (χ2v) is 6.39. The maximum absolute atomic E-state index is 12.5. The molecule has 4 nitrogen and oxygen atoms in total. The molecule has 0 saturated carbocycles. The molecule has 2 N–H and O–H groups in total. The van der Waals surface area contributed by atoms with Gasteiger partial charge in [0, 0.05) is 30.9 Å². The molecule has 22 heavy (non-hydrogen) atoms. The minimum absolute atomic E-state index is 0.00191. The number of hydrogen-bond acceptors (Lipinski definition) is 4. The van der Waals surface area contributed by atoms with Crippen LogP contribution in [0.4, 0.5) is 5.69 Å².